The molecule has 0 aliphatic carbocycles. The third-order valence-corrected chi connectivity index (χ3v) is 5.00. The molecule has 0 aliphatic heterocycles. The van der Waals surface area contributed by atoms with Crippen LogP contribution in [0, 0.1) is 22.5 Å². The third kappa shape index (κ3) is 4.87. The molecule has 0 bridgehead atoms. The lowest BCUT2D eigenvalue weighted by molar-refractivity contribution is -0.384. The molecule has 0 saturated heterocycles. The van der Waals surface area contributed by atoms with Crippen LogP contribution in [-0.4, -0.2) is 21.3 Å². The number of fused-ring (bicyclic) bond motifs is 1. The van der Waals surface area contributed by atoms with Gasteiger partial charge in [-0.05, 0) is 29.8 Å². The summed E-state index contributed by atoms with van der Waals surface area (Å²) in [5.74, 6) is 1.83. The first kappa shape index (κ1) is 20.7. The molecule has 3 rings (SSSR count). The van der Waals surface area contributed by atoms with Gasteiger partial charge in [0.15, 0.2) is 4.80 Å². The van der Waals surface area contributed by atoms with Gasteiger partial charge in [-0.25, -0.2) is 0 Å². The summed E-state index contributed by atoms with van der Waals surface area (Å²) in [6.45, 7) is 1.64. The molecule has 0 unspecified atom stereocenters. The highest BCUT2D eigenvalue weighted by atomic mass is 32.1. The number of hydrogen-bond donors (Lipinski definition) is 1. The summed E-state index contributed by atoms with van der Waals surface area (Å²) >= 11 is 1.27. The van der Waals surface area contributed by atoms with Crippen molar-refractivity contribution in [3.63, 3.8) is 0 Å². The summed E-state index contributed by atoms with van der Waals surface area (Å²) < 4.78 is 2.54. The Kier molecular flexibility index (Phi) is 6.20. The van der Waals surface area contributed by atoms with Gasteiger partial charge < -0.3 is 9.88 Å². The maximum absolute atomic E-state index is 12.3. The fourth-order valence-electron chi connectivity index (χ4n) is 2.72. The van der Waals surface area contributed by atoms with Crippen molar-refractivity contribution in [2.75, 3.05) is 5.32 Å². The molecule has 0 aliphatic rings. The Morgan fingerprint density at radius 1 is 1.33 bits per heavy atom. The van der Waals surface area contributed by atoms with E-state index >= 15 is 0 Å². The second-order valence-corrected chi connectivity index (χ2v) is 7.18. The summed E-state index contributed by atoms with van der Waals surface area (Å²) in [6, 6.07) is 11.3. The first-order chi connectivity index (χ1) is 14.4. The molecule has 3 aromatic rings. The van der Waals surface area contributed by atoms with Crippen molar-refractivity contribution in [2.24, 2.45) is 4.99 Å². The number of nitrogens with zero attached hydrogens (tertiary/aromatic N) is 3. The van der Waals surface area contributed by atoms with E-state index in [2.05, 4.69) is 16.2 Å². The van der Waals surface area contributed by atoms with Crippen LogP contribution in [-0.2, 0) is 16.1 Å². The highest BCUT2D eigenvalue weighted by Gasteiger charge is 2.08. The number of hydrogen-bond acceptors (Lipinski definition) is 5. The van der Waals surface area contributed by atoms with E-state index in [0.29, 0.717) is 16.1 Å². The molecule has 0 spiro atoms. The van der Waals surface area contributed by atoms with Crippen LogP contribution in [0.2, 0.25) is 0 Å². The summed E-state index contributed by atoms with van der Waals surface area (Å²) in [5, 5.41) is 13.6. The number of thiazole rings is 1. The standard InChI is InChI=1S/C21H16N4O4S/c1-3-11-24-18-9-8-16(22-14(2)26)13-19(18)30-21(24)23-20(27)10-7-15-5-4-6-17(12-15)25(28)29/h1,4-10,12-13H,11H2,2H3,(H,22,26). The number of anilines is 1. The Morgan fingerprint density at radius 2 is 2.13 bits per heavy atom. The van der Waals surface area contributed by atoms with Crippen LogP contribution >= 0.6 is 11.3 Å². The zero-order valence-corrected chi connectivity index (χ0v) is 16.7. The monoisotopic (exact) mass is 420 g/mol. The minimum Gasteiger partial charge on any atom is -0.326 e. The van der Waals surface area contributed by atoms with E-state index in [4.69, 9.17) is 6.42 Å². The van der Waals surface area contributed by atoms with Gasteiger partial charge in [0.2, 0.25) is 5.91 Å². The topological polar surface area (TPSA) is 107 Å². The molecule has 9 heteroatoms. The van der Waals surface area contributed by atoms with Gasteiger partial charge in [0.05, 0.1) is 21.7 Å². The van der Waals surface area contributed by atoms with Crippen LogP contribution in [0.5, 0.6) is 0 Å². The molecule has 1 N–H and O–H groups in total. The number of carbonyl (C=O) groups is 2. The molecule has 0 atom stereocenters. The van der Waals surface area contributed by atoms with E-state index in [1.807, 2.05) is 0 Å². The summed E-state index contributed by atoms with van der Waals surface area (Å²) in [7, 11) is 0. The number of non-ortho nitro benzene ring substituents is 1. The molecular formula is C21H16N4O4S. The van der Waals surface area contributed by atoms with E-state index < -0.39 is 10.8 Å². The molecule has 1 heterocycles. The first-order valence-corrected chi connectivity index (χ1v) is 9.54. The van der Waals surface area contributed by atoms with Gasteiger partial charge in [0, 0.05) is 30.8 Å². The third-order valence-electron chi connectivity index (χ3n) is 3.96. The SMILES string of the molecule is C#CCn1c(=NC(=O)C=Cc2cccc([N+](=O)[O-])c2)sc2cc(NC(C)=O)ccc21. The van der Waals surface area contributed by atoms with Gasteiger partial charge in [-0.3, -0.25) is 19.7 Å². The van der Waals surface area contributed by atoms with Gasteiger partial charge in [0.25, 0.3) is 11.6 Å². The van der Waals surface area contributed by atoms with Gasteiger partial charge in [-0.1, -0.05) is 29.4 Å². The molecule has 0 radical (unpaired) electrons. The van der Waals surface area contributed by atoms with Crippen LogP contribution in [0.1, 0.15) is 12.5 Å². The minimum absolute atomic E-state index is 0.0621. The van der Waals surface area contributed by atoms with Gasteiger partial charge in [-0.2, -0.15) is 4.99 Å². The van der Waals surface area contributed by atoms with Crippen molar-refractivity contribution in [3.8, 4) is 12.3 Å². The molecule has 0 saturated carbocycles. The number of amides is 2. The van der Waals surface area contributed by atoms with Crippen molar-refractivity contribution in [1.29, 1.82) is 0 Å². The van der Waals surface area contributed by atoms with Gasteiger partial charge >= 0.3 is 0 Å². The van der Waals surface area contributed by atoms with Gasteiger partial charge in [0.1, 0.15) is 0 Å². The Hall–Kier alpha value is -4.03. The zero-order valence-electron chi connectivity index (χ0n) is 15.9. The summed E-state index contributed by atoms with van der Waals surface area (Å²) in [4.78, 5) is 38.5. The number of terminal acetylenes is 1. The number of nitrogens with one attached hydrogen (secondary N) is 1. The Labute approximate surface area is 175 Å². The maximum atomic E-state index is 12.3. The van der Waals surface area contributed by atoms with E-state index in [1.165, 1.54) is 42.5 Å². The fraction of sp³-hybridized carbons (Fsp3) is 0.0952. The van der Waals surface area contributed by atoms with Gasteiger partial charge in [-0.15, -0.1) is 6.42 Å². The number of nitro groups is 1. The molecular weight excluding hydrogens is 404 g/mol. The normalized spacial score (nSPS) is 11.5. The lowest BCUT2D eigenvalue weighted by atomic mass is 10.2. The molecule has 1 aromatic heterocycles. The van der Waals surface area contributed by atoms with E-state index in [1.54, 1.807) is 34.9 Å². The number of nitro benzene ring substituents is 1. The predicted octanol–water partition coefficient (Wildman–Crippen LogP) is 3.34. The lowest BCUT2D eigenvalue weighted by Gasteiger charge is -2.03. The molecule has 150 valence electrons. The van der Waals surface area contributed by atoms with E-state index in [-0.39, 0.29) is 18.1 Å². The quantitative estimate of drug-likeness (QED) is 0.296. The van der Waals surface area contributed by atoms with Crippen LogP contribution in [0.3, 0.4) is 0 Å². The summed E-state index contributed by atoms with van der Waals surface area (Å²) in [5.41, 5.74) is 1.88. The highest BCUT2D eigenvalue weighted by Crippen LogP contribution is 2.22. The Balaban J connectivity index is 1.95. The predicted molar refractivity (Wildman–Crippen MR) is 116 cm³/mol. The first-order valence-electron chi connectivity index (χ1n) is 8.73. The molecule has 30 heavy (non-hydrogen) atoms. The van der Waals surface area contributed by atoms with Crippen molar-refractivity contribution in [3.05, 3.63) is 69.0 Å². The van der Waals surface area contributed by atoms with Crippen molar-refractivity contribution < 1.29 is 14.5 Å². The lowest BCUT2D eigenvalue weighted by Crippen LogP contribution is -2.15. The maximum Gasteiger partial charge on any atom is 0.272 e. The van der Waals surface area contributed by atoms with E-state index in [0.717, 1.165) is 10.2 Å². The summed E-state index contributed by atoms with van der Waals surface area (Å²) in [6.07, 6.45) is 8.17. The second-order valence-electron chi connectivity index (χ2n) is 6.17. The largest absolute Gasteiger partial charge is 0.326 e. The van der Waals surface area contributed by atoms with Crippen molar-refractivity contribution in [1.82, 2.24) is 4.57 Å². The van der Waals surface area contributed by atoms with Crippen LogP contribution < -0.4 is 10.1 Å². The van der Waals surface area contributed by atoms with Crippen molar-refractivity contribution in [2.45, 2.75) is 13.5 Å². The molecule has 2 aromatic carbocycles. The fourth-order valence-corrected chi connectivity index (χ4v) is 3.80. The number of carbonyl (C=O) groups excluding carboxylic acids is 2. The Bertz CT molecular complexity index is 1290. The highest BCUT2D eigenvalue weighted by molar-refractivity contribution is 7.16. The molecule has 2 amide bonds. The van der Waals surface area contributed by atoms with E-state index in [9.17, 15) is 19.7 Å². The number of benzene rings is 2. The van der Waals surface area contributed by atoms with Crippen LogP contribution in [0.15, 0.2) is 53.5 Å². The minimum atomic E-state index is -0.527. The number of aromatic nitrogens is 1. The van der Waals surface area contributed by atoms with Crippen molar-refractivity contribution >= 4 is 50.8 Å². The van der Waals surface area contributed by atoms with Crippen LogP contribution in [0.4, 0.5) is 11.4 Å². The number of rotatable bonds is 5. The molecule has 0 fully saturated rings. The average Bonchev–Trinajstić information content (AvgIpc) is 3.02. The molecule has 8 nitrogen and oxygen atoms in total. The van der Waals surface area contributed by atoms with Crippen LogP contribution in [0.25, 0.3) is 16.3 Å². The average molecular weight is 420 g/mol. The smallest absolute Gasteiger partial charge is 0.272 e. The zero-order chi connectivity index (χ0) is 21.7. The second kappa shape index (κ2) is 8.98. The Morgan fingerprint density at radius 3 is 2.83 bits per heavy atom.